The van der Waals surface area contributed by atoms with Crippen LogP contribution in [-0.2, 0) is 32.7 Å². The van der Waals surface area contributed by atoms with E-state index in [2.05, 4.69) is 11.4 Å². The summed E-state index contributed by atoms with van der Waals surface area (Å²) in [6, 6.07) is 0. The molecular weight excluding hydrogens is 401 g/mol. The van der Waals surface area contributed by atoms with Crippen molar-refractivity contribution >= 4 is 19.8 Å². The number of carbonyl (C=O) groups is 2. The Balaban J connectivity index is 4.27. The average Bonchev–Trinajstić information content (AvgIpc) is 2.70. The highest BCUT2D eigenvalue weighted by molar-refractivity contribution is 7.47. The van der Waals surface area contributed by atoms with Gasteiger partial charge in [0.1, 0.15) is 6.61 Å². The van der Waals surface area contributed by atoms with Crippen LogP contribution in [0.25, 0.3) is 0 Å². The third-order valence-electron chi connectivity index (χ3n) is 4.05. The molecule has 2 unspecified atom stereocenters. The van der Waals surface area contributed by atoms with Crippen molar-refractivity contribution in [3.05, 3.63) is 0 Å². The van der Waals surface area contributed by atoms with Crippen LogP contribution in [-0.4, -0.2) is 49.3 Å². The summed E-state index contributed by atoms with van der Waals surface area (Å²) in [5.41, 5.74) is 5.21. The monoisotopic (exact) mass is 439 g/mol. The summed E-state index contributed by atoms with van der Waals surface area (Å²) in [6.45, 7) is 3.02. The number of carbonyl (C=O) groups excluding carboxylic acids is 2. The van der Waals surface area contributed by atoms with Gasteiger partial charge in [0, 0.05) is 19.4 Å². The molecule has 0 amide bonds. The zero-order valence-electron chi connectivity index (χ0n) is 17.8. The molecule has 0 radical (unpaired) electrons. The van der Waals surface area contributed by atoms with Crippen molar-refractivity contribution in [2.24, 2.45) is 5.73 Å². The minimum Gasteiger partial charge on any atom is -0.462 e. The third kappa shape index (κ3) is 17.6. The zero-order chi connectivity index (χ0) is 22.0. The number of nitrogens with two attached hydrogens (primary N) is 1. The van der Waals surface area contributed by atoms with Gasteiger partial charge in [-0.2, -0.15) is 0 Å². The van der Waals surface area contributed by atoms with Crippen LogP contribution in [0.1, 0.15) is 78.1 Å². The predicted molar refractivity (Wildman–Crippen MR) is 109 cm³/mol. The highest BCUT2D eigenvalue weighted by Gasteiger charge is 2.25. The predicted octanol–water partition coefficient (Wildman–Crippen LogP) is 3.47. The van der Waals surface area contributed by atoms with E-state index >= 15 is 0 Å². The van der Waals surface area contributed by atoms with Crippen molar-refractivity contribution in [3.8, 4) is 0 Å². The number of unbranched alkanes of at least 4 members (excludes halogenated alkanes) is 7. The minimum absolute atomic E-state index is 0.0546. The Labute approximate surface area is 174 Å². The summed E-state index contributed by atoms with van der Waals surface area (Å²) in [5.74, 6) is -0.937. The highest BCUT2D eigenvalue weighted by Crippen LogP contribution is 2.43. The maximum absolute atomic E-state index is 12.0. The van der Waals surface area contributed by atoms with Crippen LogP contribution in [0.5, 0.6) is 0 Å². The quantitative estimate of drug-likeness (QED) is 0.176. The molecule has 0 fully saturated rings. The maximum atomic E-state index is 12.0. The van der Waals surface area contributed by atoms with Gasteiger partial charge in [0.25, 0.3) is 0 Å². The van der Waals surface area contributed by atoms with Crippen molar-refractivity contribution < 1.29 is 37.6 Å². The molecule has 0 rings (SSSR count). The lowest BCUT2D eigenvalue weighted by atomic mass is 10.1. The van der Waals surface area contributed by atoms with Crippen LogP contribution in [0.4, 0.5) is 0 Å². The topological polar surface area (TPSA) is 134 Å². The van der Waals surface area contributed by atoms with Gasteiger partial charge < -0.3 is 20.1 Å². The normalized spacial score (nSPS) is 14.2. The molecule has 0 heterocycles. The van der Waals surface area contributed by atoms with Crippen molar-refractivity contribution in [1.29, 1.82) is 0 Å². The Bertz CT molecular complexity index is 489. The molecule has 3 N–H and O–H groups in total. The van der Waals surface area contributed by atoms with Gasteiger partial charge in [-0.15, -0.1) is 0 Å². The molecule has 172 valence electrons. The molecule has 0 aliphatic carbocycles. The van der Waals surface area contributed by atoms with Crippen LogP contribution >= 0.6 is 7.82 Å². The van der Waals surface area contributed by atoms with Crippen LogP contribution in [0.2, 0.25) is 0 Å². The van der Waals surface area contributed by atoms with Crippen molar-refractivity contribution in [1.82, 2.24) is 0 Å². The third-order valence-corrected chi connectivity index (χ3v) is 5.03. The first-order chi connectivity index (χ1) is 13.8. The van der Waals surface area contributed by atoms with Gasteiger partial charge in [-0.25, -0.2) is 4.57 Å². The van der Waals surface area contributed by atoms with E-state index < -0.39 is 32.5 Å². The van der Waals surface area contributed by atoms with Gasteiger partial charge in [-0.1, -0.05) is 58.8 Å². The number of ether oxygens (including phenoxy) is 2. The van der Waals surface area contributed by atoms with Crippen LogP contribution in [0, 0.1) is 0 Å². The number of phosphoric ester groups is 1. The Kier molecular flexibility index (Phi) is 17.2. The Morgan fingerprint density at radius 3 is 2.14 bits per heavy atom. The molecule has 0 aromatic heterocycles. The van der Waals surface area contributed by atoms with Gasteiger partial charge in [0.2, 0.25) is 0 Å². The molecule has 0 aromatic carbocycles. The lowest BCUT2D eigenvalue weighted by molar-refractivity contribution is -0.161. The molecular formula is C19H38NO8P. The Morgan fingerprint density at radius 1 is 0.931 bits per heavy atom. The molecule has 0 aliphatic heterocycles. The van der Waals surface area contributed by atoms with E-state index in [0.717, 1.165) is 19.3 Å². The number of rotatable bonds is 19. The zero-order valence-corrected chi connectivity index (χ0v) is 18.7. The molecule has 0 saturated carbocycles. The molecule has 0 saturated heterocycles. The van der Waals surface area contributed by atoms with Gasteiger partial charge >= 0.3 is 19.8 Å². The smallest absolute Gasteiger partial charge is 0.462 e. The lowest BCUT2D eigenvalue weighted by Crippen LogP contribution is -2.29. The summed E-state index contributed by atoms with van der Waals surface area (Å²) >= 11 is 0. The van der Waals surface area contributed by atoms with Crippen LogP contribution < -0.4 is 5.73 Å². The first-order valence-corrected chi connectivity index (χ1v) is 12.0. The van der Waals surface area contributed by atoms with Crippen molar-refractivity contribution in [2.45, 2.75) is 84.2 Å². The number of esters is 2. The molecule has 9 nitrogen and oxygen atoms in total. The van der Waals surface area contributed by atoms with Crippen LogP contribution in [0.15, 0.2) is 0 Å². The van der Waals surface area contributed by atoms with E-state index in [-0.39, 0.29) is 32.6 Å². The molecule has 0 spiro atoms. The number of phosphoric acid groups is 1. The van der Waals surface area contributed by atoms with Crippen molar-refractivity contribution in [3.63, 3.8) is 0 Å². The SMILES string of the molecule is CCCCCCCCCCC(=O)OC(COC(=O)CC)COP(=O)(O)OCCN. The second kappa shape index (κ2) is 17.8. The average molecular weight is 439 g/mol. The highest BCUT2D eigenvalue weighted by atomic mass is 31.2. The second-order valence-corrected chi connectivity index (χ2v) is 8.21. The van der Waals surface area contributed by atoms with Crippen molar-refractivity contribution in [2.75, 3.05) is 26.4 Å². The standard InChI is InChI=1S/C19H38NO8P/c1-3-5-6-7-8-9-10-11-12-19(22)28-17(15-25-18(21)4-2)16-27-29(23,24)26-14-13-20/h17H,3-16,20H2,1-2H3,(H,23,24). The first kappa shape index (κ1) is 28.0. The molecule has 2 atom stereocenters. The fraction of sp³-hybridized carbons (Fsp3) is 0.895. The van der Waals surface area contributed by atoms with E-state index in [0.29, 0.717) is 6.42 Å². The van der Waals surface area contributed by atoms with E-state index in [1.54, 1.807) is 6.92 Å². The Morgan fingerprint density at radius 2 is 1.55 bits per heavy atom. The lowest BCUT2D eigenvalue weighted by Gasteiger charge is -2.19. The van der Waals surface area contributed by atoms with E-state index in [9.17, 15) is 19.0 Å². The summed E-state index contributed by atoms with van der Waals surface area (Å²) in [6.07, 6.45) is 8.22. The number of hydrogen-bond donors (Lipinski definition) is 2. The summed E-state index contributed by atoms with van der Waals surface area (Å²) in [5, 5.41) is 0. The van der Waals surface area contributed by atoms with Gasteiger partial charge in [0.15, 0.2) is 6.10 Å². The fourth-order valence-electron chi connectivity index (χ4n) is 2.43. The largest absolute Gasteiger partial charge is 0.472 e. The van der Waals surface area contributed by atoms with E-state index in [1.165, 1.54) is 25.7 Å². The molecule has 0 aromatic rings. The molecule has 29 heavy (non-hydrogen) atoms. The van der Waals surface area contributed by atoms with E-state index in [1.807, 2.05) is 0 Å². The van der Waals surface area contributed by atoms with Gasteiger partial charge in [-0.3, -0.25) is 18.6 Å². The molecule has 0 aliphatic rings. The second-order valence-electron chi connectivity index (χ2n) is 6.76. The maximum Gasteiger partial charge on any atom is 0.472 e. The van der Waals surface area contributed by atoms with Gasteiger partial charge in [0.05, 0.1) is 13.2 Å². The Hall–Kier alpha value is -0.990. The fourth-order valence-corrected chi connectivity index (χ4v) is 3.20. The van der Waals surface area contributed by atoms with Gasteiger partial charge in [-0.05, 0) is 6.42 Å². The van der Waals surface area contributed by atoms with Crippen LogP contribution in [0.3, 0.4) is 0 Å². The minimum atomic E-state index is -4.31. The summed E-state index contributed by atoms with van der Waals surface area (Å²) in [4.78, 5) is 32.9. The first-order valence-electron chi connectivity index (χ1n) is 10.5. The number of hydrogen-bond acceptors (Lipinski definition) is 8. The molecule has 0 bridgehead atoms. The van der Waals surface area contributed by atoms with E-state index in [4.69, 9.17) is 19.7 Å². The summed E-state index contributed by atoms with van der Waals surface area (Å²) < 4.78 is 31.4. The summed E-state index contributed by atoms with van der Waals surface area (Å²) in [7, 11) is -4.31. The molecule has 10 heteroatoms.